The second-order valence-electron chi connectivity index (χ2n) is 7.41. The summed E-state index contributed by atoms with van der Waals surface area (Å²) in [6.45, 7) is 1.31. The highest BCUT2D eigenvalue weighted by atomic mass is 32.2. The minimum absolute atomic E-state index is 0.114. The van der Waals surface area contributed by atoms with E-state index in [0.717, 1.165) is 31.2 Å². The minimum Gasteiger partial charge on any atom is -0.376 e. The van der Waals surface area contributed by atoms with E-state index < -0.39 is 22.0 Å². The molecule has 3 amide bonds. The van der Waals surface area contributed by atoms with Crippen molar-refractivity contribution in [2.24, 2.45) is 0 Å². The van der Waals surface area contributed by atoms with Crippen LogP contribution >= 0.6 is 0 Å². The van der Waals surface area contributed by atoms with Gasteiger partial charge in [-0.25, -0.2) is 13.2 Å². The molecule has 0 aliphatic carbocycles. The van der Waals surface area contributed by atoms with Gasteiger partial charge in [0, 0.05) is 25.3 Å². The first-order valence-corrected chi connectivity index (χ1v) is 11.8. The first-order valence-electron chi connectivity index (χ1n) is 10.4. The Morgan fingerprint density at radius 3 is 2.16 bits per heavy atom. The van der Waals surface area contributed by atoms with Gasteiger partial charge in [0.25, 0.3) is 0 Å². The molecule has 1 aliphatic heterocycles. The number of nitrogens with zero attached hydrogens (tertiary/aromatic N) is 1. The molecule has 1 saturated heterocycles. The third-order valence-electron chi connectivity index (χ3n) is 5.06. The number of nitrogens with one attached hydrogen (secondary N) is 3. The van der Waals surface area contributed by atoms with Crippen LogP contribution in [-0.4, -0.2) is 44.3 Å². The predicted molar refractivity (Wildman–Crippen MR) is 119 cm³/mol. The molecule has 1 fully saturated rings. The summed E-state index contributed by atoms with van der Waals surface area (Å²) in [4.78, 5) is 24.0. The molecule has 0 spiro atoms. The molecule has 0 aromatic heterocycles. The molecular formula is C22H28N4O4S. The summed E-state index contributed by atoms with van der Waals surface area (Å²) in [7, 11) is -3.51. The Hall–Kier alpha value is -2.91. The molecule has 3 N–H and O–H groups in total. The van der Waals surface area contributed by atoms with Crippen LogP contribution < -0.4 is 16.0 Å². The van der Waals surface area contributed by atoms with Gasteiger partial charge in [-0.15, -0.1) is 0 Å². The molecule has 2 aromatic carbocycles. The summed E-state index contributed by atoms with van der Waals surface area (Å²) < 4.78 is 27.1. The Balaban J connectivity index is 1.46. The first kappa shape index (κ1) is 22.8. The third-order valence-corrected chi connectivity index (χ3v) is 6.97. The number of carbonyl (C=O) groups excluding carboxylic acids is 2. The van der Waals surface area contributed by atoms with Crippen LogP contribution in [0.1, 0.15) is 31.2 Å². The van der Waals surface area contributed by atoms with E-state index in [4.69, 9.17) is 0 Å². The summed E-state index contributed by atoms with van der Waals surface area (Å²) >= 11 is 0. The van der Waals surface area contributed by atoms with Crippen molar-refractivity contribution in [3.8, 4) is 0 Å². The molecule has 0 atom stereocenters. The number of carbonyl (C=O) groups is 2. The van der Waals surface area contributed by atoms with Crippen molar-refractivity contribution in [1.82, 2.24) is 14.9 Å². The van der Waals surface area contributed by atoms with Gasteiger partial charge in [-0.05, 0) is 42.7 Å². The van der Waals surface area contributed by atoms with Crippen LogP contribution in [0.2, 0.25) is 0 Å². The summed E-state index contributed by atoms with van der Waals surface area (Å²) in [6.07, 6.45) is 3.88. The van der Waals surface area contributed by atoms with Gasteiger partial charge in [0.1, 0.15) is 0 Å². The van der Waals surface area contributed by atoms with Gasteiger partial charge in [0.05, 0.1) is 11.4 Å². The monoisotopic (exact) mass is 444 g/mol. The number of hydrogen-bond donors (Lipinski definition) is 3. The van der Waals surface area contributed by atoms with Crippen LogP contribution in [0.3, 0.4) is 0 Å². The van der Waals surface area contributed by atoms with Gasteiger partial charge in [-0.2, -0.15) is 4.31 Å². The Bertz CT molecular complexity index is 970. The zero-order valence-electron chi connectivity index (χ0n) is 17.3. The number of sulfonamides is 1. The third kappa shape index (κ3) is 6.80. The Kier molecular flexibility index (Phi) is 8.02. The highest BCUT2D eigenvalue weighted by Crippen LogP contribution is 2.21. The average Bonchev–Trinajstić information content (AvgIpc) is 3.08. The molecule has 1 aliphatic rings. The van der Waals surface area contributed by atoms with Crippen LogP contribution in [0, 0.1) is 0 Å². The fourth-order valence-electron chi connectivity index (χ4n) is 3.35. The van der Waals surface area contributed by atoms with E-state index >= 15 is 0 Å². The topological polar surface area (TPSA) is 108 Å². The van der Waals surface area contributed by atoms with E-state index in [2.05, 4.69) is 16.0 Å². The van der Waals surface area contributed by atoms with E-state index in [1.165, 1.54) is 12.1 Å². The molecule has 2 aromatic rings. The van der Waals surface area contributed by atoms with Crippen LogP contribution in [-0.2, 0) is 21.4 Å². The Morgan fingerprint density at radius 2 is 1.52 bits per heavy atom. The van der Waals surface area contributed by atoms with Crippen LogP contribution in [0.5, 0.6) is 0 Å². The number of anilines is 1. The summed E-state index contributed by atoms with van der Waals surface area (Å²) in [5.41, 5.74) is 1.52. The molecule has 8 nitrogen and oxygen atoms in total. The maximum absolute atomic E-state index is 12.8. The zero-order chi connectivity index (χ0) is 22.1. The quantitative estimate of drug-likeness (QED) is 0.609. The van der Waals surface area contributed by atoms with Crippen molar-refractivity contribution in [2.45, 2.75) is 37.1 Å². The molecule has 166 valence electrons. The standard InChI is InChI=1S/C22H28N4O4S/c27-21(25-22(28)24-16-18-8-4-3-5-9-18)17-23-19-10-12-20(13-11-19)31(29,30)26-14-6-1-2-7-15-26/h3-5,8-13,23H,1-2,6-7,14-17H2,(H2,24,25,27,28). The van der Waals surface area contributed by atoms with Gasteiger partial charge < -0.3 is 10.6 Å². The van der Waals surface area contributed by atoms with Gasteiger partial charge in [-0.1, -0.05) is 43.2 Å². The lowest BCUT2D eigenvalue weighted by atomic mass is 10.2. The van der Waals surface area contributed by atoms with Crippen molar-refractivity contribution in [2.75, 3.05) is 25.0 Å². The second kappa shape index (κ2) is 10.9. The molecule has 3 rings (SSSR count). The lowest BCUT2D eigenvalue weighted by Crippen LogP contribution is -2.41. The minimum atomic E-state index is -3.51. The van der Waals surface area contributed by atoms with Crippen molar-refractivity contribution in [1.29, 1.82) is 0 Å². The first-order chi connectivity index (χ1) is 14.9. The van der Waals surface area contributed by atoms with Crippen LogP contribution in [0.4, 0.5) is 10.5 Å². The van der Waals surface area contributed by atoms with E-state index in [0.29, 0.717) is 25.3 Å². The fourth-order valence-corrected chi connectivity index (χ4v) is 4.87. The van der Waals surface area contributed by atoms with Crippen molar-refractivity contribution in [3.05, 3.63) is 60.2 Å². The number of urea groups is 1. The fraction of sp³-hybridized carbons (Fsp3) is 0.364. The molecule has 31 heavy (non-hydrogen) atoms. The number of imide groups is 1. The van der Waals surface area contributed by atoms with E-state index in [1.54, 1.807) is 16.4 Å². The summed E-state index contributed by atoms with van der Waals surface area (Å²) in [6, 6.07) is 15.1. The van der Waals surface area contributed by atoms with E-state index in [9.17, 15) is 18.0 Å². The highest BCUT2D eigenvalue weighted by Gasteiger charge is 2.24. The molecule has 0 radical (unpaired) electrons. The summed E-state index contributed by atoms with van der Waals surface area (Å²) in [5, 5.41) is 7.76. The maximum Gasteiger partial charge on any atom is 0.321 e. The molecule has 0 bridgehead atoms. The zero-order valence-corrected chi connectivity index (χ0v) is 18.2. The van der Waals surface area contributed by atoms with Gasteiger partial charge in [-0.3, -0.25) is 10.1 Å². The number of hydrogen-bond acceptors (Lipinski definition) is 5. The van der Waals surface area contributed by atoms with E-state index in [-0.39, 0.29) is 11.4 Å². The van der Waals surface area contributed by atoms with E-state index in [1.807, 2.05) is 30.3 Å². The molecule has 1 heterocycles. The van der Waals surface area contributed by atoms with Crippen molar-refractivity contribution < 1.29 is 18.0 Å². The number of amides is 3. The molecule has 0 saturated carbocycles. The van der Waals surface area contributed by atoms with Gasteiger partial charge in [0.2, 0.25) is 15.9 Å². The second-order valence-corrected chi connectivity index (χ2v) is 9.35. The lowest BCUT2D eigenvalue weighted by Gasteiger charge is -2.20. The number of rotatable bonds is 7. The van der Waals surface area contributed by atoms with Crippen molar-refractivity contribution >= 4 is 27.6 Å². The smallest absolute Gasteiger partial charge is 0.321 e. The highest BCUT2D eigenvalue weighted by molar-refractivity contribution is 7.89. The normalized spacial score (nSPS) is 15.0. The number of benzene rings is 2. The largest absolute Gasteiger partial charge is 0.376 e. The Morgan fingerprint density at radius 1 is 0.871 bits per heavy atom. The van der Waals surface area contributed by atoms with Gasteiger partial charge in [0.15, 0.2) is 0 Å². The molecule has 0 unspecified atom stereocenters. The molecule has 9 heteroatoms. The average molecular weight is 445 g/mol. The molecular weight excluding hydrogens is 416 g/mol. The maximum atomic E-state index is 12.8. The van der Waals surface area contributed by atoms with Crippen LogP contribution in [0.25, 0.3) is 0 Å². The lowest BCUT2D eigenvalue weighted by molar-refractivity contribution is -0.118. The van der Waals surface area contributed by atoms with Gasteiger partial charge >= 0.3 is 6.03 Å². The SMILES string of the molecule is O=C(CNc1ccc(S(=O)(=O)N2CCCCCC2)cc1)NC(=O)NCc1ccccc1. The predicted octanol–water partition coefficient (Wildman–Crippen LogP) is 2.69. The Labute approximate surface area is 183 Å². The van der Waals surface area contributed by atoms with Crippen LogP contribution in [0.15, 0.2) is 59.5 Å². The van der Waals surface area contributed by atoms with Crippen molar-refractivity contribution in [3.63, 3.8) is 0 Å². The summed E-state index contributed by atoms with van der Waals surface area (Å²) in [5.74, 6) is -0.494.